The van der Waals surface area contributed by atoms with Crippen molar-refractivity contribution in [3.05, 3.63) is 95.2 Å². The molecule has 0 bridgehead atoms. The number of aromatic nitrogens is 3. The molecule has 0 radical (unpaired) electrons. The highest BCUT2D eigenvalue weighted by atomic mass is 19.4. The molecule has 0 saturated carbocycles. The van der Waals surface area contributed by atoms with Crippen LogP contribution in [0.1, 0.15) is 19.4 Å². The first-order valence-corrected chi connectivity index (χ1v) is 11.6. The molecular formula is C27H24F3N5O3. The van der Waals surface area contributed by atoms with Crippen LogP contribution in [0, 0.1) is 0 Å². The number of rotatable bonds is 7. The maximum absolute atomic E-state index is 13.0. The Morgan fingerprint density at radius 3 is 2.37 bits per heavy atom. The fourth-order valence-electron chi connectivity index (χ4n) is 3.69. The Labute approximate surface area is 216 Å². The number of ether oxygens (including phenoxy) is 1. The van der Waals surface area contributed by atoms with E-state index in [1.807, 2.05) is 38.1 Å². The Hall–Kier alpha value is -4.67. The molecule has 2 aromatic heterocycles. The van der Waals surface area contributed by atoms with E-state index >= 15 is 0 Å². The normalized spacial score (nSPS) is 11.3. The number of benzene rings is 2. The standard InChI is InChI=1S/C27H24F3N5O3/c1-17(2)35(26(37)34-20-8-10-21(11-9-20)38-27(28,29)30)16-18-5-3-6-19(13-18)23-14-33-24(15-32-23)22-7-4-12-31-25(22)36/h3-15,17H,16H2,1-2H3,(H,31,36)(H,34,37). The second kappa shape index (κ2) is 11.2. The molecule has 2 N–H and O–H groups in total. The van der Waals surface area contributed by atoms with Crippen molar-refractivity contribution < 1.29 is 22.7 Å². The number of aromatic amines is 1. The number of anilines is 1. The molecule has 0 aliphatic carbocycles. The third-order valence-electron chi connectivity index (χ3n) is 5.55. The lowest BCUT2D eigenvalue weighted by Crippen LogP contribution is -2.39. The van der Waals surface area contributed by atoms with Crippen LogP contribution < -0.4 is 15.6 Å². The summed E-state index contributed by atoms with van der Waals surface area (Å²) in [6.07, 6.45) is -0.128. The molecule has 0 aliphatic rings. The Bertz CT molecular complexity index is 1450. The molecule has 196 valence electrons. The minimum atomic E-state index is -4.79. The zero-order valence-corrected chi connectivity index (χ0v) is 20.5. The quantitative estimate of drug-likeness (QED) is 0.317. The lowest BCUT2D eigenvalue weighted by atomic mass is 10.1. The number of pyridine rings is 1. The zero-order chi connectivity index (χ0) is 27.3. The van der Waals surface area contributed by atoms with E-state index in [-0.39, 0.29) is 23.9 Å². The summed E-state index contributed by atoms with van der Waals surface area (Å²) < 4.78 is 41.0. The Morgan fingerprint density at radius 1 is 1.03 bits per heavy atom. The number of nitrogens with zero attached hydrogens (tertiary/aromatic N) is 3. The van der Waals surface area contributed by atoms with Gasteiger partial charge in [-0.3, -0.25) is 14.8 Å². The van der Waals surface area contributed by atoms with Gasteiger partial charge in [0.2, 0.25) is 0 Å². The Balaban J connectivity index is 1.46. The molecule has 4 aromatic rings. The van der Waals surface area contributed by atoms with Crippen LogP contribution in [-0.4, -0.2) is 38.3 Å². The molecule has 4 rings (SSSR count). The minimum absolute atomic E-state index is 0.172. The van der Waals surface area contributed by atoms with Crippen LogP contribution in [0.4, 0.5) is 23.7 Å². The first-order chi connectivity index (χ1) is 18.1. The van der Waals surface area contributed by atoms with Gasteiger partial charge in [0.05, 0.1) is 29.3 Å². The average Bonchev–Trinajstić information content (AvgIpc) is 2.88. The summed E-state index contributed by atoms with van der Waals surface area (Å²) in [5.74, 6) is -0.375. The Morgan fingerprint density at radius 2 is 1.74 bits per heavy atom. The van der Waals surface area contributed by atoms with Gasteiger partial charge in [0.1, 0.15) is 5.75 Å². The fraction of sp³-hybridized carbons (Fsp3) is 0.185. The van der Waals surface area contributed by atoms with E-state index in [4.69, 9.17) is 0 Å². The fourth-order valence-corrected chi connectivity index (χ4v) is 3.69. The van der Waals surface area contributed by atoms with Crippen molar-refractivity contribution in [1.29, 1.82) is 0 Å². The molecule has 0 atom stereocenters. The number of alkyl halides is 3. The maximum atomic E-state index is 13.0. The lowest BCUT2D eigenvalue weighted by Gasteiger charge is -2.27. The van der Waals surface area contributed by atoms with Gasteiger partial charge in [-0.25, -0.2) is 4.79 Å². The van der Waals surface area contributed by atoms with Crippen molar-refractivity contribution >= 4 is 11.7 Å². The number of hydrogen-bond donors (Lipinski definition) is 2. The molecule has 0 fully saturated rings. The summed E-state index contributed by atoms with van der Waals surface area (Å²) in [5, 5.41) is 2.71. The predicted molar refractivity (Wildman–Crippen MR) is 136 cm³/mol. The number of H-pyrrole nitrogens is 1. The van der Waals surface area contributed by atoms with Crippen molar-refractivity contribution in [2.45, 2.75) is 32.8 Å². The van der Waals surface area contributed by atoms with Crippen LogP contribution in [0.2, 0.25) is 0 Å². The number of nitrogens with one attached hydrogen (secondary N) is 2. The van der Waals surface area contributed by atoms with E-state index in [0.717, 1.165) is 23.3 Å². The van der Waals surface area contributed by atoms with Crippen LogP contribution in [-0.2, 0) is 6.54 Å². The highest BCUT2D eigenvalue weighted by Gasteiger charge is 2.31. The molecule has 0 spiro atoms. The summed E-state index contributed by atoms with van der Waals surface area (Å²) in [5.41, 5.74) is 3.17. The summed E-state index contributed by atoms with van der Waals surface area (Å²) in [4.78, 5) is 38.0. The van der Waals surface area contributed by atoms with E-state index in [1.54, 1.807) is 29.4 Å². The summed E-state index contributed by atoms with van der Waals surface area (Å²) in [6.45, 7) is 4.00. The van der Waals surface area contributed by atoms with Crippen molar-refractivity contribution in [3.63, 3.8) is 0 Å². The maximum Gasteiger partial charge on any atom is 0.573 e. The predicted octanol–water partition coefficient (Wildman–Crippen LogP) is 5.84. The van der Waals surface area contributed by atoms with Crippen molar-refractivity contribution in [2.24, 2.45) is 0 Å². The highest BCUT2D eigenvalue weighted by Crippen LogP contribution is 2.25. The van der Waals surface area contributed by atoms with Gasteiger partial charge < -0.3 is 19.9 Å². The van der Waals surface area contributed by atoms with Gasteiger partial charge in [-0.2, -0.15) is 0 Å². The van der Waals surface area contributed by atoms with Crippen LogP contribution in [0.15, 0.2) is 84.0 Å². The first-order valence-electron chi connectivity index (χ1n) is 11.6. The number of hydrogen-bond acceptors (Lipinski definition) is 5. The van der Waals surface area contributed by atoms with Crippen molar-refractivity contribution in [3.8, 4) is 28.3 Å². The van der Waals surface area contributed by atoms with Gasteiger partial charge in [-0.05, 0) is 61.9 Å². The Kier molecular flexibility index (Phi) is 7.75. The summed E-state index contributed by atoms with van der Waals surface area (Å²) in [6, 6.07) is 15.2. The van der Waals surface area contributed by atoms with Gasteiger partial charge in [0, 0.05) is 30.0 Å². The topological polar surface area (TPSA) is 100 Å². The van der Waals surface area contributed by atoms with E-state index in [1.165, 1.54) is 18.3 Å². The lowest BCUT2D eigenvalue weighted by molar-refractivity contribution is -0.274. The van der Waals surface area contributed by atoms with Crippen molar-refractivity contribution in [2.75, 3.05) is 5.32 Å². The summed E-state index contributed by atoms with van der Waals surface area (Å²) in [7, 11) is 0. The van der Waals surface area contributed by atoms with E-state index in [0.29, 0.717) is 22.6 Å². The third-order valence-corrected chi connectivity index (χ3v) is 5.55. The number of urea groups is 1. The molecule has 2 heterocycles. The van der Waals surface area contributed by atoms with Crippen LogP contribution in [0.5, 0.6) is 5.75 Å². The van der Waals surface area contributed by atoms with Gasteiger partial charge in [-0.15, -0.1) is 13.2 Å². The average molecular weight is 524 g/mol. The molecule has 38 heavy (non-hydrogen) atoms. The third kappa shape index (κ3) is 6.75. The molecule has 0 aliphatic heterocycles. The number of carbonyl (C=O) groups excluding carboxylic acids is 1. The minimum Gasteiger partial charge on any atom is -0.406 e. The number of halogens is 3. The smallest absolute Gasteiger partial charge is 0.406 e. The van der Waals surface area contributed by atoms with Crippen molar-refractivity contribution in [1.82, 2.24) is 19.9 Å². The molecule has 0 saturated heterocycles. The molecular weight excluding hydrogens is 499 g/mol. The molecule has 2 aromatic carbocycles. The second-order valence-corrected chi connectivity index (χ2v) is 8.62. The first kappa shape index (κ1) is 26.4. The van der Waals surface area contributed by atoms with Crippen LogP contribution in [0.3, 0.4) is 0 Å². The van der Waals surface area contributed by atoms with Gasteiger partial charge in [0.15, 0.2) is 0 Å². The second-order valence-electron chi connectivity index (χ2n) is 8.62. The van der Waals surface area contributed by atoms with E-state index in [2.05, 4.69) is 25.0 Å². The largest absolute Gasteiger partial charge is 0.573 e. The zero-order valence-electron chi connectivity index (χ0n) is 20.5. The van der Waals surface area contributed by atoms with E-state index in [9.17, 15) is 22.8 Å². The number of amides is 2. The monoisotopic (exact) mass is 523 g/mol. The molecule has 2 amide bonds. The van der Waals surface area contributed by atoms with Gasteiger partial charge in [-0.1, -0.05) is 18.2 Å². The van der Waals surface area contributed by atoms with Gasteiger partial charge >= 0.3 is 12.4 Å². The van der Waals surface area contributed by atoms with Crippen LogP contribution >= 0.6 is 0 Å². The highest BCUT2D eigenvalue weighted by molar-refractivity contribution is 5.89. The van der Waals surface area contributed by atoms with E-state index < -0.39 is 12.4 Å². The summed E-state index contributed by atoms with van der Waals surface area (Å²) >= 11 is 0. The SMILES string of the molecule is CC(C)N(Cc1cccc(-c2cnc(-c3ccc[nH]c3=O)cn2)c1)C(=O)Nc1ccc(OC(F)(F)F)cc1. The number of carbonyl (C=O) groups is 1. The van der Waals surface area contributed by atoms with Gasteiger partial charge in [0.25, 0.3) is 5.56 Å². The van der Waals surface area contributed by atoms with Crippen LogP contribution in [0.25, 0.3) is 22.5 Å². The molecule has 0 unspecified atom stereocenters. The molecule has 8 nitrogen and oxygen atoms in total. The molecule has 11 heteroatoms.